The fourth-order valence-electron chi connectivity index (χ4n) is 3.11. The van der Waals surface area contributed by atoms with Gasteiger partial charge < -0.3 is 15.0 Å². The Hall–Kier alpha value is -3.48. The van der Waals surface area contributed by atoms with E-state index in [0.717, 1.165) is 5.56 Å². The van der Waals surface area contributed by atoms with Gasteiger partial charge in [0, 0.05) is 19.2 Å². The van der Waals surface area contributed by atoms with Gasteiger partial charge in [0.1, 0.15) is 11.6 Å². The summed E-state index contributed by atoms with van der Waals surface area (Å²) in [4.78, 5) is 35.4. The van der Waals surface area contributed by atoms with Crippen molar-refractivity contribution in [3.8, 4) is 5.75 Å². The highest BCUT2D eigenvalue weighted by molar-refractivity contribution is 6.45. The monoisotopic (exact) mass is 368 g/mol. The minimum absolute atomic E-state index is 0.0939. The second kappa shape index (κ2) is 7.03. The lowest BCUT2D eigenvalue weighted by Gasteiger charge is -2.09. The largest absolute Gasteiger partial charge is 0.426 e. The number of hydrogen-bond acceptors (Lipinski definition) is 4. The van der Waals surface area contributed by atoms with Crippen LogP contribution < -0.4 is 10.5 Å². The summed E-state index contributed by atoms with van der Waals surface area (Å²) < 4.78 is 20.2. The van der Waals surface area contributed by atoms with E-state index in [-0.39, 0.29) is 17.1 Å². The first kappa shape index (κ1) is 18.3. The summed E-state index contributed by atoms with van der Waals surface area (Å²) in [5.41, 5.74) is 7.20. The number of nitrogens with zero attached hydrogens (tertiary/aromatic N) is 1. The van der Waals surface area contributed by atoms with Crippen molar-refractivity contribution in [2.24, 2.45) is 5.73 Å². The van der Waals surface area contributed by atoms with E-state index >= 15 is 0 Å². The molecule has 0 aliphatic heterocycles. The van der Waals surface area contributed by atoms with Crippen LogP contribution in [0.25, 0.3) is 10.9 Å². The van der Waals surface area contributed by atoms with Gasteiger partial charge in [0.15, 0.2) is 0 Å². The highest BCUT2D eigenvalue weighted by Crippen LogP contribution is 2.34. The molecule has 7 heteroatoms. The van der Waals surface area contributed by atoms with Crippen molar-refractivity contribution in [1.82, 2.24) is 4.57 Å². The van der Waals surface area contributed by atoms with E-state index in [2.05, 4.69) is 0 Å². The Kier molecular flexibility index (Phi) is 4.77. The number of esters is 1. The molecule has 3 aromatic rings. The van der Waals surface area contributed by atoms with Crippen molar-refractivity contribution in [1.29, 1.82) is 0 Å². The smallest absolute Gasteiger partial charge is 0.308 e. The van der Waals surface area contributed by atoms with Gasteiger partial charge in [0.05, 0.1) is 16.5 Å². The van der Waals surface area contributed by atoms with Crippen LogP contribution in [0.5, 0.6) is 5.75 Å². The number of nitrogens with two attached hydrogens (primary N) is 1. The molecule has 2 N–H and O–H groups in total. The van der Waals surface area contributed by atoms with Crippen LogP contribution >= 0.6 is 0 Å². The van der Waals surface area contributed by atoms with Crippen LogP contribution in [0, 0.1) is 12.7 Å². The van der Waals surface area contributed by atoms with Crippen molar-refractivity contribution in [2.45, 2.75) is 20.4 Å². The number of ketones is 1. The number of carbonyl (C=O) groups is 3. The molecular formula is C20H17FN2O4. The van der Waals surface area contributed by atoms with E-state index in [1.807, 2.05) is 0 Å². The summed E-state index contributed by atoms with van der Waals surface area (Å²) in [6.07, 6.45) is 0. The highest BCUT2D eigenvalue weighted by atomic mass is 19.1. The molecular weight excluding hydrogens is 351 g/mol. The fourth-order valence-corrected chi connectivity index (χ4v) is 3.11. The van der Waals surface area contributed by atoms with Gasteiger partial charge >= 0.3 is 5.97 Å². The molecule has 1 amide bonds. The number of aromatic nitrogens is 1. The molecule has 27 heavy (non-hydrogen) atoms. The third kappa shape index (κ3) is 3.44. The van der Waals surface area contributed by atoms with E-state index < -0.39 is 17.7 Å². The summed E-state index contributed by atoms with van der Waals surface area (Å²) in [7, 11) is 0. The third-order valence-corrected chi connectivity index (χ3v) is 4.27. The van der Waals surface area contributed by atoms with Crippen LogP contribution in [0.3, 0.4) is 0 Å². The fraction of sp³-hybridized carbons (Fsp3) is 0.150. The molecule has 138 valence electrons. The van der Waals surface area contributed by atoms with E-state index in [0.29, 0.717) is 23.1 Å². The molecule has 0 aliphatic rings. The van der Waals surface area contributed by atoms with Gasteiger partial charge in [-0.3, -0.25) is 14.4 Å². The number of hydrogen-bond donors (Lipinski definition) is 1. The van der Waals surface area contributed by atoms with Gasteiger partial charge in [0.2, 0.25) is 0 Å². The SMILES string of the molecule is CC(=O)Oc1cccc2c1c(C(=O)C(N)=O)c(C)n2Cc1ccc(F)cc1. The maximum Gasteiger partial charge on any atom is 0.308 e. The molecule has 2 aromatic carbocycles. The Balaban J connectivity index is 2.26. The van der Waals surface area contributed by atoms with Gasteiger partial charge in [0.25, 0.3) is 11.7 Å². The number of rotatable bonds is 5. The van der Waals surface area contributed by atoms with Crippen LogP contribution in [0.4, 0.5) is 4.39 Å². The number of amides is 1. The van der Waals surface area contributed by atoms with Crippen molar-refractivity contribution in [2.75, 3.05) is 0 Å². The zero-order chi connectivity index (χ0) is 19.7. The summed E-state index contributed by atoms with van der Waals surface area (Å²) >= 11 is 0. The zero-order valence-corrected chi connectivity index (χ0v) is 14.8. The molecule has 6 nitrogen and oxygen atoms in total. The van der Waals surface area contributed by atoms with Gasteiger partial charge in [-0.15, -0.1) is 0 Å². The van der Waals surface area contributed by atoms with E-state index in [4.69, 9.17) is 10.5 Å². The molecule has 1 aromatic heterocycles. The first-order chi connectivity index (χ1) is 12.8. The number of carbonyl (C=O) groups excluding carboxylic acids is 3. The lowest BCUT2D eigenvalue weighted by atomic mass is 10.1. The molecule has 0 bridgehead atoms. The van der Waals surface area contributed by atoms with Crippen LogP contribution in [-0.2, 0) is 16.1 Å². The highest BCUT2D eigenvalue weighted by Gasteiger charge is 2.26. The quantitative estimate of drug-likeness (QED) is 0.324. The molecule has 3 rings (SSSR count). The third-order valence-electron chi connectivity index (χ3n) is 4.27. The van der Waals surface area contributed by atoms with Gasteiger partial charge in [-0.05, 0) is 36.8 Å². The summed E-state index contributed by atoms with van der Waals surface area (Å²) in [6.45, 7) is 3.26. The van der Waals surface area contributed by atoms with Gasteiger partial charge in [-0.25, -0.2) is 4.39 Å². The number of Topliss-reactive ketones (excluding diaryl/α,β-unsaturated/α-hetero) is 1. The molecule has 0 spiro atoms. The molecule has 0 saturated carbocycles. The number of fused-ring (bicyclic) bond motifs is 1. The van der Waals surface area contributed by atoms with Crippen LogP contribution in [0.15, 0.2) is 42.5 Å². The second-order valence-corrected chi connectivity index (χ2v) is 6.11. The van der Waals surface area contributed by atoms with Gasteiger partial charge in [-0.2, -0.15) is 0 Å². The Bertz CT molecular complexity index is 1070. The maximum atomic E-state index is 13.2. The number of benzene rings is 2. The van der Waals surface area contributed by atoms with E-state index in [1.54, 1.807) is 41.8 Å². The topological polar surface area (TPSA) is 91.4 Å². The Morgan fingerprint density at radius 3 is 2.37 bits per heavy atom. The predicted molar refractivity (Wildman–Crippen MR) is 97.0 cm³/mol. The van der Waals surface area contributed by atoms with Gasteiger partial charge in [-0.1, -0.05) is 18.2 Å². The molecule has 0 atom stereocenters. The van der Waals surface area contributed by atoms with Crippen molar-refractivity contribution in [3.63, 3.8) is 0 Å². The van der Waals surface area contributed by atoms with Crippen molar-refractivity contribution < 1.29 is 23.5 Å². The average Bonchev–Trinajstić information content (AvgIpc) is 2.89. The molecule has 0 saturated heterocycles. The Labute approximate surface area is 154 Å². The second-order valence-electron chi connectivity index (χ2n) is 6.11. The summed E-state index contributed by atoms with van der Waals surface area (Å²) in [6, 6.07) is 10.9. The van der Waals surface area contributed by atoms with Crippen molar-refractivity contribution >= 4 is 28.6 Å². The Morgan fingerprint density at radius 1 is 1.11 bits per heavy atom. The van der Waals surface area contributed by atoms with Crippen LogP contribution in [-0.4, -0.2) is 22.2 Å². The van der Waals surface area contributed by atoms with E-state index in [1.165, 1.54) is 19.1 Å². The minimum Gasteiger partial charge on any atom is -0.426 e. The first-order valence-corrected chi connectivity index (χ1v) is 8.18. The predicted octanol–water partition coefficient (Wildman–Crippen LogP) is 2.73. The summed E-state index contributed by atoms with van der Waals surface area (Å²) in [5, 5.41) is 0.344. The molecule has 0 unspecified atom stereocenters. The lowest BCUT2D eigenvalue weighted by molar-refractivity contribution is -0.131. The molecule has 0 radical (unpaired) electrons. The van der Waals surface area contributed by atoms with Crippen LogP contribution in [0.2, 0.25) is 0 Å². The minimum atomic E-state index is -1.10. The summed E-state index contributed by atoms with van der Waals surface area (Å²) in [5.74, 6) is -2.70. The van der Waals surface area contributed by atoms with Crippen molar-refractivity contribution in [3.05, 3.63) is 65.1 Å². The maximum absolute atomic E-state index is 13.2. The van der Waals surface area contributed by atoms with Crippen LogP contribution in [0.1, 0.15) is 28.5 Å². The Morgan fingerprint density at radius 2 is 1.78 bits per heavy atom. The number of primary amides is 1. The van der Waals surface area contributed by atoms with E-state index in [9.17, 15) is 18.8 Å². The number of halogens is 1. The number of ether oxygens (including phenoxy) is 1. The molecule has 1 heterocycles. The average molecular weight is 368 g/mol. The standard InChI is InChI=1S/C20H17FN2O4/c1-11-17(19(25)20(22)26)18-15(4-3-5-16(18)27-12(2)24)23(11)10-13-6-8-14(21)9-7-13/h3-9H,10H2,1-2H3,(H2,22,26). The normalized spacial score (nSPS) is 10.8. The lowest BCUT2D eigenvalue weighted by Crippen LogP contribution is -2.24. The molecule has 0 aliphatic carbocycles. The molecule has 0 fully saturated rings. The first-order valence-electron chi connectivity index (χ1n) is 8.18. The zero-order valence-electron chi connectivity index (χ0n) is 14.8.